The standard InChI is InChI=1S/C17H23N5O2/c23-17(15-2-1-9-24-15)21-7-4-14(5-8-21)18-10-13-11-19-16-3-6-20-22(16)12-13/h1-3,6,9,13-14,18-19H,4-5,7-8,10-12H2/t13-/m0/s1. The van der Waals surface area contributed by atoms with E-state index in [9.17, 15) is 4.79 Å². The Morgan fingerprint density at radius 3 is 3.04 bits per heavy atom. The van der Waals surface area contributed by atoms with E-state index < -0.39 is 0 Å². The fourth-order valence-corrected chi connectivity index (χ4v) is 3.50. The van der Waals surface area contributed by atoms with Gasteiger partial charge in [-0.1, -0.05) is 0 Å². The number of nitrogens with one attached hydrogen (secondary N) is 2. The Kier molecular flexibility index (Phi) is 4.25. The van der Waals surface area contributed by atoms with Crippen molar-refractivity contribution in [2.75, 3.05) is 31.5 Å². The molecule has 1 atom stereocenters. The summed E-state index contributed by atoms with van der Waals surface area (Å²) in [6.45, 7) is 4.47. The average molecular weight is 329 g/mol. The molecule has 0 saturated carbocycles. The van der Waals surface area contributed by atoms with Gasteiger partial charge >= 0.3 is 0 Å². The van der Waals surface area contributed by atoms with Crippen molar-refractivity contribution in [2.45, 2.75) is 25.4 Å². The molecule has 1 saturated heterocycles. The monoisotopic (exact) mass is 329 g/mol. The number of carbonyl (C=O) groups is 1. The smallest absolute Gasteiger partial charge is 0.289 e. The van der Waals surface area contributed by atoms with Gasteiger partial charge in [0.25, 0.3) is 5.91 Å². The molecule has 2 aliphatic heterocycles. The quantitative estimate of drug-likeness (QED) is 0.887. The van der Waals surface area contributed by atoms with Crippen LogP contribution in [0.1, 0.15) is 23.4 Å². The number of piperidine rings is 1. The van der Waals surface area contributed by atoms with Crippen molar-refractivity contribution in [3.8, 4) is 0 Å². The molecule has 2 aliphatic rings. The molecule has 128 valence electrons. The minimum atomic E-state index is 0.00106. The molecule has 2 N–H and O–H groups in total. The molecule has 0 spiro atoms. The van der Waals surface area contributed by atoms with Crippen molar-refractivity contribution in [1.82, 2.24) is 20.0 Å². The molecule has 0 unspecified atom stereocenters. The maximum atomic E-state index is 12.3. The highest BCUT2D eigenvalue weighted by molar-refractivity contribution is 5.91. The van der Waals surface area contributed by atoms with E-state index in [1.165, 1.54) is 0 Å². The summed E-state index contributed by atoms with van der Waals surface area (Å²) < 4.78 is 7.23. The number of anilines is 1. The Balaban J connectivity index is 1.22. The predicted octanol–water partition coefficient (Wildman–Crippen LogP) is 1.41. The molecule has 7 heteroatoms. The van der Waals surface area contributed by atoms with Crippen LogP contribution in [-0.4, -0.2) is 52.8 Å². The molecule has 7 nitrogen and oxygen atoms in total. The maximum Gasteiger partial charge on any atom is 0.289 e. The Bertz CT molecular complexity index is 673. The van der Waals surface area contributed by atoms with Crippen molar-refractivity contribution >= 4 is 11.7 Å². The molecule has 24 heavy (non-hydrogen) atoms. The van der Waals surface area contributed by atoms with Crippen molar-refractivity contribution in [3.63, 3.8) is 0 Å². The molecular formula is C17H23N5O2. The van der Waals surface area contributed by atoms with Crippen LogP contribution >= 0.6 is 0 Å². The van der Waals surface area contributed by atoms with Gasteiger partial charge in [0.1, 0.15) is 5.82 Å². The fourth-order valence-electron chi connectivity index (χ4n) is 3.50. The van der Waals surface area contributed by atoms with Crippen molar-refractivity contribution in [3.05, 3.63) is 36.4 Å². The molecule has 4 rings (SSSR count). The second-order valence-electron chi connectivity index (χ2n) is 6.60. The van der Waals surface area contributed by atoms with Crippen LogP contribution in [-0.2, 0) is 6.54 Å². The second kappa shape index (κ2) is 6.68. The first kappa shape index (κ1) is 15.3. The van der Waals surface area contributed by atoms with Crippen LogP contribution in [0.5, 0.6) is 0 Å². The molecule has 0 aliphatic carbocycles. The zero-order chi connectivity index (χ0) is 16.4. The molecule has 2 aromatic rings. The summed E-state index contributed by atoms with van der Waals surface area (Å²) in [5, 5.41) is 11.4. The van der Waals surface area contributed by atoms with Crippen LogP contribution in [0.3, 0.4) is 0 Å². The average Bonchev–Trinajstić information content (AvgIpc) is 3.31. The summed E-state index contributed by atoms with van der Waals surface area (Å²) in [5.74, 6) is 2.09. The Morgan fingerprint density at radius 2 is 2.25 bits per heavy atom. The van der Waals surface area contributed by atoms with Crippen molar-refractivity contribution in [1.29, 1.82) is 0 Å². The third-order valence-corrected chi connectivity index (χ3v) is 4.93. The summed E-state index contributed by atoms with van der Waals surface area (Å²) in [5.41, 5.74) is 0. The second-order valence-corrected chi connectivity index (χ2v) is 6.60. The fraction of sp³-hybridized carbons (Fsp3) is 0.529. The highest BCUT2D eigenvalue weighted by Gasteiger charge is 2.26. The maximum absolute atomic E-state index is 12.3. The van der Waals surface area contributed by atoms with Gasteiger partial charge in [-0.15, -0.1) is 0 Å². The lowest BCUT2D eigenvalue weighted by molar-refractivity contribution is 0.0671. The van der Waals surface area contributed by atoms with Crippen LogP contribution in [0.25, 0.3) is 0 Å². The Labute approximate surface area is 141 Å². The summed E-state index contributed by atoms with van der Waals surface area (Å²) in [7, 11) is 0. The van der Waals surface area contributed by atoms with Crippen LogP contribution < -0.4 is 10.6 Å². The number of furan rings is 1. The zero-order valence-electron chi connectivity index (χ0n) is 13.6. The van der Waals surface area contributed by atoms with E-state index in [0.717, 1.165) is 51.4 Å². The lowest BCUT2D eigenvalue weighted by Gasteiger charge is -2.33. The minimum Gasteiger partial charge on any atom is -0.459 e. The van der Waals surface area contributed by atoms with E-state index in [2.05, 4.69) is 15.7 Å². The largest absolute Gasteiger partial charge is 0.459 e. The summed E-state index contributed by atoms with van der Waals surface area (Å²) in [4.78, 5) is 14.1. The van der Waals surface area contributed by atoms with E-state index in [1.807, 2.05) is 21.8 Å². The number of aromatic nitrogens is 2. The van der Waals surface area contributed by atoms with Crippen LogP contribution in [0.2, 0.25) is 0 Å². The van der Waals surface area contributed by atoms with Crippen LogP contribution in [0.4, 0.5) is 5.82 Å². The molecule has 1 fully saturated rings. The van der Waals surface area contributed by atoms with Gasteiger partial charge in [-0.2, -0.15) is 5.10 Å². The molecule has 2 aromatic heterocycles. The van der Waals surface area contributed by atoms with E-state index >= 15 is 0 Å². The highest BCUT2D eigenvalue weighted by Crippen LogP contribution is 2.18. The highest BCUT2D eigenvalue weighted by atomic mass is 16.3. The predicted molar refractivity (Wildman–Crippen MR) is 89.8 cm³/mol. The van der Waals surface area contributed by atoms with Crippen molar-refractivity contribution in [2.24, 2.45) is 5.92 Å². The number of rotatable bonds is 4. The minimum absolute atomic E-state index is 0.00106. The van der Waals surface area contributed by atoms with Gasteiger partial charge < -0.3 is 20.0 Å². The van der Waals surface area contributed by atoms with Gasteiger partial charge in [0.15, 0.2) is 5.76 Å². The number of amides is 1. The lowest BCUT2D eigenvalue weighted by atomic mass is 10.0. The molecule has 0 radical (unpaired) electrons. The first-order chi connectivity index (χ1) is 11.8. The number of carbonyl (C=O) groups excluding carboxylic acids is 1. The summed E-state index contributed by atoms with van der Waals surface area (Å²) >= 11 is 0. The SMILES string of the molecule is O=C(c1ccco1)N1CCC(NC[C@H]2CNc3ccnn3C2)CC1. The molecule has 1 amide bonds. The van der Waals surface area contributed by atoms with Crippen LogP contribution in [0.15, 0.2) is 35.1 Å². The molecular weight excluding hydrogens is 306 g/mol. The topological polar surface area (TPSA) is 75.3 Å². The number of fused-ring (bicyclic) bond motifs is 1. The molecule has 0 bridgehead atoms. The summed E-state index contributed by atoms with van der Waals surface area (Å²) in [6.07, 6.45) is 5.36. The van der Waals surface area contributed by atoms with Gasteiger partial charge in [0.2, 0.25) is 0 Å². The molecule has 0 aromatic carbocycles. The van der Waals surface area contributed by atoms with E-state index in [-0.39, 0.29) is 5.91 Å². The zero-order valence-corrected chi connectivity index (χ0v) is 13.6. The lowest BCUT2D eigenvalue weighted by Crippen LogP contribution is -2.47. The van der Waals surface area contributed by atoms with Crippen LogP contribution in [0, 0.1) is 5.92 Å². The third kappa shape index (κ3) is 3.17. The number of nitrogens with zero attached hydrogens (tertiary/aromatic N) is 3. The Hall–Kier alpha value is -2.28. The van der Waals surface area contributed by atoms with Gasteiger partial charge in [-0.05, 0) is 25.0 Å². The number of hydrogen-bond acceptors (Lipinski definition) is 5. The third-order valence-electron chi connectivity index (χ3n) is 4.93. The normalized spacial score (nSPS) is 21.3. The number of likely N-dealkylation sites (tertiary alicyclic amines) is 1. The van der Waals surface area contributed by atoms with Gasteiger partial charge in [-0.25, -0.2) is 4.68 Å². The van der Waals surface area contributed by atoms with Crippen molar-refractivity contribution < 1.29 is 9.21 Å². The van der Waals surface area contributed by atoms with Gasteiger partial charge in [0.05, 0.1) is 12.5 Å². The first-order valence-corrected chi connectivity index (χ1v) is 8.61. The van der Waals surface area contributed by atoms with Gasteiger partial charge in [0, 0.05) is 50.7 Å². The van der Waals surface area contributed by atoms with E-state index in [4.69, 9.17) is 4.42 Å². The number of hydrogen-bond donors (Lipinski definition) is 2. The van der Waals surface area contributed by atoms with E-state index in [0.29, 0.717) is 17.7 Å². The first-order valence-electron chi connectivity index (χ1n) is 8.61. The Morgan fingerprint density at radius 1 is 1.38 bits per heavy atom. The molecule has 4 heterocycles. The van der Waals surface area contributed by atoms with Gasteiger partial charge in [-0.3, -0.25) is 4.79 Å². The summed E-state index contributed by atoms with van der Waals surface area (Å²) in [6, 6.07) is 5.97. The van der Waals surface area contributed by atoms with E-state index in [1.54, 1.807) is 18.4 Å².